The first-order chi connectivity index (χ1) is 9.52. The fourth-order valence-corrected chi connectivity index (χ4v) is 1.81. The lowest BCUT2D eigenvalue weighted by atomic mass is 10.1. The van der Waals surface area contributed by atoms with E-state index in [0.29, 0.717) is 17.1 Å². The molecule has 1 heterocycles. The lowest BCUT2D eigenvalue weighted by molar-refractivity contribution is 0.101. The topological polar surface area (TPSA) is 90.4 Å². The molecular formula is C14H17N3O3. The molecule has 0 aliphatic heterocycles. The number of anilines is 2. The van der Waals surface area contributed by atoms with Gasteiger partial charge in [0.05, 0.1) is 11.4 Å². The zero-order valence-corrected chi connectivity index (χ0v) is 11.7. The first kappa shape index (κ1) is 14.1. The quantitative estimate of drug-likeness (QED) is 0.835. The molecule has 2 aromatic rings. The molecule has 0 radical (unpaired) electrons. The van der Waals surface area contributed by atoms with Gasteiger partial charge in [-0.3, -0.25) is 4.79 Å². The minimum Gasteiger partial charge on any atom is -0.397 e. The van der Waals surface area contributed by atoms with E-state index in [4.69, 9.17) is 15.0 Å². The SMILES string of the molecule is COCc1cc(C(=O)Nc2c(N)ccc(C)c2C)no1. The molecule has 0 aliphatic rings. The van der Waals surface area contributed by atoms with Crippen LogP contribution in [0.2, 0.25) is 0 Å². The van der Waals surface area contributed by atoms with Gasteiger partial charge in [-0.05, 0) is 31.0 Å². The Labute approximate surface area is 116 Å². The van der Waals surface area contributed by atoms with Crippen LogP contribution in [0, 0.1) is 13.8 Å². The van der Waals surface area contributed by atoms with Crippen molar-refractivity contribution in [3.05, 3.63) is 40.8 Å². The number of amides is 1. The Morgan fingerprint density at radius 3 is 2.90 bits per heavy atom. The fraction of sp³-hybridized carbons (Fsp3) is 0.286. The van der Waals surface area contributed by atoms with Gasteiger partial charge in [-0.25, -0.2) is 0 Å². The number of aryl methyl sites for hydroxylation is 1. The molecule has 20 heavy (non-hydrogen) atoms. The third kappa shape index (κ3) is 2.80. The number of nitrogens with zero attached hydrogens (tertiary/aromatic N) is 1. The van der Waals surface area contributed by atoms with E-state index in [2.05, 4.69) is 10.5 Å². The molecule has 0 saturated carbocycles. The van der Waals surface area contributed by atoms with Crippen molar-refractivity contribution in [1.82, 2.24) is 5.16 Å². The third-order valence-electron chi connectivity index (χ3n) is 3.08. The Morgan fingerprint density at radius 2 is 2.20 bits per heavy atom. The lowest BCUT2D eigenvalue weighted by Gasteiger charge is -2.12. The van der Waals surface area contributed by atoms with Crippen LogP contribution in [0.25, 0.3) is 0 Å². The average molecular weight is 275 g/mol. The van der Waals surface area contributed by atoms with E-state index >= 15 is 0 Å². The van der Waals surface area contributed by atoms with Gasteiger partial charge >= 0.3 is 0 Å². The summed E-state index contributed by atoms with van der Waals surface area (Å²) in [6, 6.07) is 5.21. The van der Waals surface area contributed by atoms with Crippen molar-refractivity contribution in [1.29, 1.82) is 0 Å². The molecular weight excluding hydrogens is 258 g/mol. The Morgan fingerprint density at radius 1 is 1.45 bits per heavy atom. The maximum Gasteiger partial charge on any atom is 0.277 e. The summed E-state index contributed by atoms with van der Waals surface area (Å²) in [5.41, 5.74) is 9.18. The second-order valence-corrected chi connectivity index (χ2v) is 4.54. The zero-order valence-electron chi connectivity index (χ0n) is 11.7. The Hall–Kier alpha value is -2.34. The van der Waals surface area contributed by atoms with Gasteiger partial charge < -0.3 is 20.3 Å². The summed E-state index contributed by atoms with van der Waals surface area (Å²) in [5.74, 6) is 0.128. The second-order valence-electron chi connectivity index (χ2n) is 4.54. The molecule has 0 spiro atoms. The van der Waals surface area contributed by atoms with E-state index < -0.39 is 0 Å². The number of nitrogens with two attached hydrogens (primary N) is 1. The molecule has 2 rings (SSSR count). The van der Waals surface area contributed by atoms with Crippen LogP contribution in [0.15, 0.2) is 22.7 Å². The van der Waals surface area contributed by atoms with Crippen molar-refractivity contribution < 1.29 is 14.1 Å². The predicted molar refractivity (Wildman–Crippen MR) is 75.5 cm³/mol. The van der Waals surface area contributed by atoms with Crippen molar-refractivity contribution in [2.45, 2.75) is 20.5 Å². The number of ether oxygens (including phenoxy) is 1. The van der Waals surface area contributed by atoms with E-state index in [-0.39, 0.29) is 18.2 Å². The highest BCUT2D eigenvalue weighted by molar-refractivity contribution is 6.05. The molecule has 1 aromatic heterocycles. The number of rotatable bonds is 4. The van der Waals surface area contributed by atoms with Crippen LogP contribution in [-0.2, 0) is 11.3 Å². The minimum absolute atomic E-state index is 0.192. The van der Waals surface area contributed by atoms with Gasteiger partial charge in [0.15, 0.2) is 11.5 Å². The number of carbonyl (C=O) groups is 1. The van der Waals surface area contributed by atoms with Crippen molar-refractivity contribution in [2.24, 2.45) is 0 Å². The first-order valence-corrected chi connectivity index (χ1v) is 6.14. The van der Waals surface area contributed by atoms with Crippen molar-refractivity contribution in [2.75, 3.05) is 18.2 Å². The number of benzene rings is 1. The molecule has 0 bridgehead atoms. The third-order valence-corrected chi connectivity index (χ3v) is 3.08. The van der Waals surface area contributed by atoms with E-state index in [1.165, 1.54) is 0 Å². The van der Waals surface area contributed by atoms with Crippen LogP contribution in [-0.4, -0.2) is 18.2 Å². The summed E-state index contributed by atoms with van der Waals surface area (Å²) in [6.07, 6.45) is 0. The smallest absolute Gasteiger partial charge is 0.277 e. The maximum absolute atomic E-state index is 12.1. The summed E-state index contributed by atoms with van der Waals surface area (Å²) in [6.45, 7) is 4.13. The van der Waals surface area contributed by atoms with E-state index in [9.17, 15) is 4.79 Å². The number of hydrogen-bond acceptors (Lipinski definition) is 5. The van der Waals surface area contributed by atoms with Crippen molar-refractivity contribution in [3.8, 4) is 0 Å². The Balaban J connectivity index is 2.21. The Bertz CT molecular complexity index is 635. The maximum atomic E-state index is 12.1. The predicted octanol–water partition coefficient (Wildman–Crippen LogP) is 2.27. The largest absolute Gasteiger partial charge is 0.397 e. The zero-order chi connectivity index (χ0) is 14.7. The van der Waals surface area contributed by atoms with Gasteiger partial charge in [0.1, 0.15) is 6.61 Å². The van der Waals surface area contributed by atoms with E-state index in [1.807, 2.05) is 19.9 Å². The molecule has 0 fully saturated rings. The molecule has 0 atom stereocenters. The van der Waals surface area contributed by atoms with Gasteiger partial charge in [0.25, 0.3) is 5.91 Å². The molecule has 106 valence electrons. The first-order valence-electron chi connectivity index (χ1n) is 6.14. The summed E-state index contributed by atoms with van der Waals surface area (Å²) in [5, 5.41) is 6.47. The molecule has 1 amide bonds. The van der Waals surface area contributed by atoms with Crippen molar-refractivity contribution >= 4 is 17.3 Å². The van der Waals surface area contributed by atoms with Gasteiger partial charge in [-0.1, -0.05) is 11.2 Å². The van der Waals surface area contributed by atoms with Crippen LogP contribution in [0.1, 0.15) is 27.4 Å². The van der Waals surface area contributed by atoms with Gasteiger partial charge in [-0.2, -0.15) is 0 Å². The van der Waals surface area contributed by atoms with Crippen LogP contribution in [0.4, 0.5) is 11.4 Å². The summed E-state index contributed by atoms with van der Waals surface area (Å²) in [4.78, 5) is 12.1. The van der Waals surface area contributed by atoms with Gasteiger partial charge in [0, 0.05) is 13.2 Å². The molecule has 0 unspecified atom stereocenters. The van der Waals surface area contributed by atoms with Crippen molar-refractivity contribution in [3.63, 3.8) is 0 Å². The lowest BCUT2D eigenvalue weighted by Crippen LogP contribution is -2.15. The summed E-state index contributed by atoms with van der Waals surface area (Å²) in [7, 11) is 1.54. The molecule has 0 aliphatic carbocycles. The van der Waals surface area contributed by atoms with E-state index in [1.54, 1.807) is 19.2 Å². The highest BCUT2D eigenvalue weighted by atomic mass is 16.5. The summed E-state index contributed by atoms with van der Waals surface area (Å²) < 4.78 is 9.89. The normalized spacial score (nSPS) is 10.6. The molecule has 6 heteroatoms. The minimum atomic E-state index is -0.364. The highest BCUT2D eigenvalue weighted by Gasteiger charge is 2.15. The number of aromatic nitrogens is 1. The molecule has 6 nitrogen and oxygen atoms in total. The van der Waals surface area contributed by atoms with E-state index in [0.717, 1.165) is 11.1 Å². The number of nitrogen functional groups attached to an aromatic ring is 1. The number of methoxy groups -OCH3 is 1. The molecule has 3 N–H and O–H groups in total. The Kier molecular flexibility index (Phi) is 4.05. The molecule has 1 aromatic carbocycles. The van der Waals surface area contributed by atoms with Crippen LogP contribution >= 0.6 is 0 Å². The number of hydrogen-bond donors (Lipinski definition) is 2. The van der Waals surface area contributed by atoms with Crippen LogP contribution in [0.3, 0.4) is 0 Å². The van der Waals surface area contributed by atoms with Gasteiger partial charge in [-0.15, -0.1) is 0 Å². The standard InChI is InChI=1S/C14H17N3O3/c1-8-4-5-11(15)13(9(8)2)16-14(18)12-6-10(7-19-3)20-17-12/h4-6H,7,15H2,1-3H3,(H,16,18). The van der Waals surface area contributed by atoms with Crippen LogP contribution < -0.4 is 11.1 Å². The molecule has 0 saturated heterocycles. The van der Waals surface area contributed by atoms with Gasteiger partial charge in [0.2, 0.25) is 0 Å². The number of carbonyl (C=O) groups excluding carboxylic acids is 1. The van der Waals surface area contributed by atoms with Crippen LogP contribution in [0.5, 0.6) is 0 Å². The highest BCUT2D eigenvalue weighted by Crippen LogP contribution is 2.26. The summed E-state index contributed by atoms with van der Waals surface area (Å²) >= 11 is 0. The fourth-order valence-electron chi connectivity index (χ4n) is 1.81. The average Bonchev–Trinajstić information content (AvgIpc) is 2.88. The monoisotopic (exact) mass is 275 g/mol. The number of nitrogens with one attached hydrogen (secondary N) is 1. The second kappa shape index (κ2) is 5.75.